The summed E-state index contributed by atoms with van der Waals surface area (Å²) in [4.78, 5) is 0. The number of hydrogen-bond acceptors (Lipinski definition) is 0. The molecule has 2 aromatic carbocycles. The van der Waals surface area contributed by atoms with Crippen LogP contribution in [0.1, 0.15) is 5.56 Å². The van der Waals surface area contributed by atoms with E-state index in [0.29, 0.717) is 0 Å². The summed E-state index contributed by atoms with van der Waals surface area (Å²) in [6.45, 7) is 7.06. The Balaban J connectivity index is 2.36. The van der Waals surface area contributed by atoms with Crippen LogP contribution in [-0.2, 0) is 0 Å². The minimum Gasteiger partial charge on any atom is -0.101 e. The Hall–Kier alpha value is -1.52. The molecule has 0 amide bonds. The van der Waals surface area contributed by atoms with Crippen molar-refractivity contribution >= 4 is 18.8 Å². The van der Waals surface area contributed by atoms with Crippen molar-refractivity contribution in [3.8, 4) is 11.8 Å². The average Bonchev–Trinajstić information content (AvgIpc) is 2.28. The zero-order chi connectivity index (χ0) is 12.3. The van der Waals surface area contributed by atoms with Gasteiger partial charge in [-0.15, -0.1) is 5.92 Å². The maximum Gasteiger partial charge on any atom is 0.0573 e. The van der Waals surface area contributed by atoms with E-state index in [1.807, 2.05) is 0 Å². The van der Waals surface area contributed by atoms with Gasteiger partial charge in [-0.2, -0.15) is 0 Å². The van der Waals surface area contributed by atoms with Crippen LogP contribution in [0.25, 0.3) is 10.8 Å². The zero-order valence-corrected chi connectivity index (χ0v) is 11.7. The first-order chi connectivity index (χ1) is 8.06. The van der Waals surface area contributed by atoms with Gasteiger partial charge in [0.15, 0.2) is 0 Å². The van der Waals surface area contributed by atoms with E-state index in [-0.39, 0.29) is 0 Å². The largest absolute Gasteiger partial charge is 0.101 e. The smallest absolute Gasteiger partial charge is 0.0573 e. The minimum atomic E-state index is -1.05. The van der Waals surface area contributed by atoms with Gasteiger partial charge < -0.3 is 0 Å². The van der Waals surface area contributed by atoms with Gasteiger partial charge in [-0.05, 0) is 16.8 Å². The van der Waals surface area contributed by atoms with Gasteiger partial charge >= 0.3 is 0 Å². The summed E-state index contributed by atoms with van der Waals surface area (Å²) in [5.41, 5.74) is 1.15. The molecule has 0 fully saturated rings. The highest BCUT2D eigenvalue weighted by molar-refractivity contribution is 6.76. The molecule has 17 heavy (non-hydrogen) atoms. The summed E-state index contributed by atoms with van der Waals surface area (Å²) in [6, 6.07) is 15.8. The van der Waals surface area contributed by atoms with Gasteiger partial charge in [0.05, 0.1) is 8.07 Å². The molecule has 0 aliphatic rings. The van der Waals surface area contributed by atoms with E-state index < -0.39 is 8.07 Å². The average molecular weight is 238 g/mol. The lowest BCUT2D eigenvalue weighted by Gasteiger charge is -2.09. The van der Waals surface area contributed by atoms with E-state index >= 15 is 0 Å². The molecule has 0 aliphatic carbocycles. The van der Waals surface area contributed by atoms with E-state index in [1.165, 1.54) is 10.8 Å². The molecule has 0 unspecified atom stereocenters. The molecule has 2 aromatic rings. The van der Waals surface area contributed by atoms with E-state index in [9.17, 15) is 0 Å². The monoisotopic (exact) mass is 238 g/mol. The molecule has 0 N–H and O–H groups in total. The molecule has 0 radical (unpaired) electrons. The van der Waals surface area contributed by atoms with Crippen LogP contribution >= 0.6 is 0 Å². The first-order valence-corrected chi connectivity index (χ1v) is 9.74. The van der Waals surface area contributed by atoms with Crippen molar-refractivity contribution in [3.05, 3.63) is 48.0 Å². The lowest BCUT2D eigenvalue weighted by atomic mass is 10.1. The lowest BCUT2D eigenvalue weighted by Crippen LogP contribution is -2.17. The van der Waals surface area contributed by atoms with Crippen molar-refractivity contribution in [2.45, 2.75) is 25.7 Å². The molecule has 0 aliphatic heterocycles. The van der Waals surface area contributed by atoms with Crippen LogP contribution in [-0.4, -0.2) is 8.07 Å². The van der Waals surface area contributed by atoms with E-state index in [1.54, 1.807) is 0 Å². The molecule has 0 nitrogen and oxygen atoms in total. The summed E-state index contributed by atoms with van der Waals surface area (Å²) in [7, 11) is -1.05. The van der Waals surface area contributed by atoms with Gasteiger partial charge in [0.1, 0.15) is 0 Å². The van der Waals surface area contributed by atoms with Crippen LogP contribution in [0.5, 0.6) is 0 Å². The zero-order valence-electron chi connectivity index (χ0n) is 10.7. The van der Waals surface area contributed by atoms with Crippen LogP contribution < -0.4 is 0 Å². The Kier molecular flexibility index (Phi) is 3.35. The van der Waals surface area contributed by atoms with Crippen molar-refractivity contribution in [2.75, 3.05) is 0 Å². The van der Waals surface area contributed by atoms with Crippen LogP contribution in [0, 0.1) is 11.8 Å². The van der Waals surface area contributed by atoms with Gasteiger partial charge in [-0.1, -0.05) is 62.0 Å². The quantitative estimate of drug-likeness (QED) is 0.506. The summed E-state index contributed by atoms with van der Waals surface area (Å²) >= 11 is 0. The second kappa shape index (κ2) is 4.77. The summed E-state index contributed by atoms with van der Waals surface area (Å²) in [5, 5.41) is 2.53. The van der Waals surface area contributed by atoms with Crippen molar-refractivity contribution in [3.63, 3.8) is 0 Å². The third-order valence-corrected chi connectivity index (χ3v) is 3.87. The molecule has 86 valence electrons. The summed E-state index contributed by atoms with van der Waals surface area (Å²) in [6.07, 6.45) is 0. The van der Waals surface area contributed by atoms with Crippen molar-refractivity contribution in [2.24, 2.45) is 0 Å². The van der Waals surface area contributed by atoms with Crippen LogP contribution in [0.4, 0.5) is 0 Å². The molecule has 0 heterocycles. The van der Waals surface area contributed by atoms with Gasteiger partial charge in [0.2, 0.25) is 0 Å². The molecule has 0 aromatic heterocycles. The maximum atomic E-state index is 3.35. The maximum absolute atomic E-state index is 3.35. The van der Waals surface area contributed by atoms with Crippen LogP contribution in [0.3, 0.4) is 0 Å². The van der Waals surface area contributed by atoms with Crippen molar-refractivity contribution < 1.29 is 0 Å². The SMILES string of the molecule is C[Si](C)(C)CC#Cc1cccc2ccccc12. The molecule has 0 saturated heterocycles. The van der Waals surface area contributed by atoms with Gasteiger partial charge in [-0.3, -0.25) is 0 Å². The fourth-order valence-electron chi connectivity index (χ4n) is 1.74. The number of rotatable bonds is 1. The molecule has 0 spiro atoms. The van der Waals surface area contributed by atoms with Gasteiger partial charge in [-0.25, -0.2) is 0 Å². The standard InChI is InChI=1S/C16H18Si/c1-17(2,3)13-7-11-15-10-6-9-14-8-4-5-12-16(14)15/h4-6,8-10,12H,13H2,1-3H3. The fraction of sp³-hybridized carbons (Fsp3) is 0.250. The fourth-order valence-corrected chi connectivity index (χ4v) is 2.36. The minimum absolute atomic E-state index is 1.05. The first-order valence-electron chi connectivity index (χ1n) is 6.03. The van der Waals surface area contributed by atoms with Crippen molar-refractivity contribution in [1.29, 1.82) is 0 Å². The summed E-state index contributed by atoms with van der Waals surface area (Å²) < 4.78 is 0. The predicted octanol–water partition coefficient (Wildman–Crippen LogP) is 4.53. The topological polar surface area (TPSA) is 0 Å². The van der Waals surface area contributed by atoms with Gasteiger partial charge in [0, 0.05) is 11.6 Å². The highest BCUT2D eigenvalue weighted by atomic mass is 28.3. The van der Waals surface area contributed by atoms with E-state index in [4.69, 9.17) is 0 Å². The van der Waals surface area contributed by atoms with E-state index in [0.717, 1.165) is 11.6 Å². The van der Waals surface area contributed by atoms with Crippen molar-refractivity contribution in [1.82, 2.24) is 0 Å². The molecule has 0 atom stereocenters. The first kappa shape index (κ1) is 11.9. The Labute approximate surface area is 105 Å². The third kappa shape index (κ3) is 3.21. The Morgan fingerprint density at radius 2 is 1.65 bits per heavy atom. The van der Waals surface area contributed by atoms with E-state index in [2.05, 4.69) is 73.9 Å². The molecule has 2 rings (SSSR count). The number of hydrogen-bond donors (Lipinski definition) is 0. The molecular formula is C16H18Si. The van der Waals surface area contributed by atoms with Crippen LogP contribution in [0.2, 0.25) is 25.7 Å². The van der Waals surface area contributed by atoms with Crippen LogP contribution in [0.15, 0.2) is 42.5 Å². The lowest BCUT2D eigenvalue weighted by molar-refractivity contribution is 1.56. The molecule has 1 heteroatoms. The highest BCUT2D eigenvalue weighted by Gasteiger charge is 2.09. The Morgan fingerprint density at radius 3 is 2.41 bits per heavy atom. The second-order valence-electron chi connectivity index (χ2n) is 5.57. The predicted molar refractivity (Wildman–Crippen MR) is 79.0 cm³/mol. The molecule has 0 bridgehead atoms. The second-order valence-corrected chi connectivity index (χ2v) is 11.0. The van der Waals surface area contributed by atoms with Gasteiger partial charge in [0.25, 0.3) is 0 Å². The number of fused-ring (bicyclic) bond motifs is 1. The Morgan fingerprint density at radius 1 is 0.941 bits per heavy atom. The molecule has 0 saturated carbocycles. The number of benzene rings is 2. The third-order valence-electron chi connectivity index (χ3n) is 2.63. The highest BCUT2D eigenvalue weighted by Crippen LogP contribution is 2.17. The molecular weight excluding hydrogens is 220 g/mol. The normalized spacial score (nSPS) is 11.0. The Bertz CT molecular complexity index is 574. The summed E-state index contributed by atoms with van der Waals surface area (Å²) in [5.74, 6) is 6.67.